The van der Waals surface area contributed by atoms with Gasteiger partial charge in [0, 0.05) is 10.7 Å². The Kier molecular flexibility index (Phi) is 7.25. The maximum atomic E-state index is 12.8. The largest absolute Gasteiger partial charge is 0.494 e. The number of thiocarbonyl (C=S) groups is 1. The van der Waals surface area contributed by atoms with Crippen LogP contribution in [0.2, 0.25) is 10.0 Å². The number of aryl methyl sites for hydroxylation is 1. The number of nitrogens with zero attached hydrogens (tertiary/aromatic N) is 3. The van der Waals surface area contributed by atoms with Crippen LogP contribution in [-0.4, -0.2) is 33.1 Å². The van der Waals surface area contributed by atoms with E-state index in [0.29, 0.717) is 22.1 Å². The number of hydrogen-bond acceptors (Lipinski definition) is 5. The molecule has 3 aromatic carbocycles. The van der Waals surface area contributed by atoms with E-state index in [2.05, 4.69) is 46.8 Å². The highest BCUT2D eigenvalue weighted by atomic mass is 35.5. The van der Waals surface area contributed by atoms with E-state index in [0.717, 1.165) is 16.8 Å². The van der Waals surface area contributed by atoms with Gasteiger partial charge in [-0.05, 0) is 72.6 Å². The van der Waals surface area contributed by atoms with E-state index in [1.54, 1.807) is 4.80 Å². The summed E-state index contributed by atoms with van der Waals surface area (Å²) in [5.74, 6) is 0.163. The van der Waals surface area contributed by atoms with Gasteiger partial charge >= 0.3 is 0 Å². The summed E-state index contributed by atoms with van der Waals surface area (Å²) in [6.45, 7) is 6.23. The minimum absolute atomic E-state index is 0.104. The molecular formula is C25H23Cl2N5O2S. The molecule has 0 aliphatic carbocycles. The summed E-state index contributed by atoms with van der Waals surface area (Å²) in [7, 11) is 1.42. The van der Waals surface area contributed by atoms with Gasteiger partial charge in [0.2, 0.25) is 0 Å². The van der Waals surface area contributed by atoms with Crippen molar-refractivity contribution in [2.45, 2.75) is 26.7 Å². The van der Waals surface area contributed by atoms with Crippen LogP contribution >= 0.6 is 35.4 Å². The smallest absolute Gasteiger partial charge is 0.261 e. The lowest BCUT2D eigenvalue weighted by atomic mass is 10.0. The van der Waals surface area contributed by atoms with Crippen LogP contribution in [0.25, 0.3) is 16.7 Å². The number of amides is 1. The van der Waals surface area contributed by atoms with Crippen molar-refractivity contribution in [2.75, 3.05) is 12.4 Å². The molecule has 0 aliphatic heterocycles. The molecule has 1 aromatic heterocycles. The van der Waals surface area contributed by atoms with Gasteiger partial charge in [0.1, 0.15) is 16.8 Å². The van der Waals surface area contributed by atoms with Crippen molar-refractivity contribution in [2.24, 2.45) is 0 Å². The number of carbonyl (C=O) groups excluding carboxylic acids is 1. The Hall–Kier alpha value is -3.20. The Balaban J connectivity index is 1.54. The van der Waals surface area contributed by atoms with Gasteiger partial charge in [-0.3, -0.25) is 10.1 Å². The molecule has 0 saturated carbocycles. The van der Waals surface area contributed by atoms with Gasteiger partial charge < -0.3 is 10.1 Å². The first kappa shape index (κ1) is 24.9. The van der Waals surface area contributed by atoms with Crippen molar-refractivity contribution in [3.63, 3.8) is 0 Å². The van der Waals surface area contributed by atoms with Crippen LogP contribution < -0.4 is 15.4 Å². The number of nitrogens with one attached hydrogen (secondary N) is 2. The van der Waals surface area contributed by atoms with Crippen molar-refractivity contribution < 1.29 is 9.53 Å². The molecule has 0 spiro atoms. The third-order valence-electron chi connectivity index (χ3n) is 5.45. The zero-order valence-electron chi connectivity index (χ0n) is 19.5. The van der Waals surface area contributed by atoms with Crippen molar-refractivity contribution in [1.29, 1.82) is 0 Å². The number of aromatic nitrogens is 3. The van der Waals surface area contributed by atoms with Gasteiger partial charge in [-0.15, -0.1) is 10.2 Å². The second-order valence-electron chi connectivity index (χ2n) is 8.27. The molecule has 1 amide bonds. The normalized spacial score (nSPS) is 11.1. The number of rotatable bonds is 5. The Bertz CT molecular complexity index is 1430. The summed E-state index contributed by atoms with van der Waals surface area (Å²) < 4.78 is 5.24. The average molecular weight is 528 g/mol. The summed E-state index contributed by atoms with van der Waals surface area (Å²) in [4.78, 5) is 14.4. The first-order valence-electron chi connectivity index (χ1n) is 10.8. The van der Waals surface area contributed by atoms with Gasteiger partial charge in [0.05, 0.1) is 23.4 Å². The molecule has 0 unspecified atom stereocenters. The lowest BCUT2D eigenvalue weighted by Gasteiger charge is -2.14. The maximum absolute atomic E-state index is 12.8. The zero-order chi connectivity index (χ0) is 25.3. The molecule has 4 aromatic rings. The molecule has 0 atom stereocenters. The van der Waals surface area contributed by atoms with E-state index in [-0.39, 0.29) is 21.4 Å². The number of fused-ring (bicyclic) bond motifs is 1. The third-order valence-corrected chi connectivity index (χ3v) is 6.15. The summed E-state index contributed by atoms with van der Waals surface area (Å²) >= 11 is 17.6. The number of carbonyl (C=O) groups is 1. The average Bonchev–Trinajstić information content (AvgIpc) is 3.21. The SMILES string of the molecule is COc1c(Cl)cc(Cl)cc1C(=O)NC(=S)Nc1cc2nn(-c3ccc(C(C)C)cc3)nc2cc1C. The molecule has 10 heteroatoms. The number of anilines is 1. The Labute approximate surface area is 218 Å². The minimum Gasteiger partial charge on any atom is -0.494 e. The first-order chi connectivity index (χ1) is 16.7. The molecule has 0 aliphatic rings. The van der Waals surface area contributed by atoms with Crippen LogP contribution in [0, 0.1) is 6.92 Å². The van der Waals surface area contributed by atoms with Crippen LogP contribution in [0.4, 0.5) is 5.69 Å². The van der Waals surface area contributed by atoms with Crippen molar-refractivity contribution >= 4 is 63.2 Å². The lowest BCUT2D eigenvalue weighted by molar-refractivity contribution is 0.0974. The van der Waals surface area contributed by atoms with Crippen LogP contribution in [0.5, 0.6) is 5.75 Å². The summed E-state index contributed by atoms with van der Waals surface area (Å²) in [6.07, 6.45) is 0. The molecule has 2 N–H and O–H groups in total. The monoisotopic (exact) mass is 527 g/mol. The van der Waals surface area contributed by atoms with E-state index >= 15 is 0 Å². The Morgan fingerprint density at radius 3 is 2.34 bits per heavy atom. The number of ether oxygens (including phenoxy) is 1. The van der Waals surface area contributed by atoms with Gasteiger partial charge in [-0.2, -0.15) is 4.80 Å². The fraction of sp³-hybridized carbons (Fsp3) is 0.200. The standard InChI is InChI=1S/C25H23Cl2N5O2S/c1-13(2)15-5-7-17(8-6-15)32-30-21-9-14(3)20(12-22(21)31-32)28-25(35)29-24(33)18-10-16(26)11-19(27)23(18)34-4/h5-13H,1-4H3,(H2,28,29,33,35). The van der Waals surface area contributed by atoms with Gasteiger partial charge in [-0.25, -0.2) is 0 Å². The molecular weight excluding hydrogens is 505 g/mol. The van der Waals surface area contributed by atoms with Crippen molar-refractivity contribution in [3.05, 3.63) is 75.3 Å². The quantitative estimate of drug-likeness (QED) is 0.296. The molecule has 4 rings (SSSR count). The van der Waals surface area contributed by atoms with E-state index in [1.807, 2.05) is 31.2 Å². The van der Waals surface area contributed by atoms with Gasteiger partial charge in [0.25, 0.3) is 5.91 Å². The number of hydrogen-bond donors (Lipinski definition) is 2. The van der Waals surface area contributed by atoms with Crippen LogP contribution in [0.15, 0.2) is 48.5 Å². The van der Waals surface area contributed by atoms with E-state index in [1.165, 1.54) is 24.8 Å². The minimum atomic E-state index is -0.502. The number of benzene rings is 3. The highest BCUT2D eigenvalue weighted by molar-refractivity contribution is 7.80. The predicted molar refractivity (Wildman–Crippen MR) is 144 cm³/mol. The zero-order valence-corrected chi connectivity index (χ0v) is 21.8. The second kappa shape index (κ2) is 10.2. The summed E-state index contributed by atoms with van der Waals surface area (Å²) in [5.41, 5.74) is 5.31. The second-order valence-corrected chi connectivity index (χ2v) is 9.52. The molecule has 1 heterocycles. The topological polar surface area (TPSA) is 81.1 Å². The highest BCUT2D eigenvalue weighted by Gasteiger charge is 2.18. The number of methoxy groups -OCH3 is 1. The lowest BCUT2D eigenvalue weighted by Crippen LogP contribution is -2.34. The Morgan fingerprint density at radius 2 is 1.71 bits per heavy atom. The van der Waals surface area contributed by atoms with E-state index < -0.39 is 5.91 Å². The molecule has 0 radical (unpaired) electrons. The predicted octanol–water partition coefficient (Wildman–Crippen LogP) is 6.29. The van der Waals surface area contributed by atoms with Gasteiger partial charge in [-0.1, -0.05) is 49.2 Å². The molecule has 0 bridgehead atoms. The third kappa shape index (κ3) is 5.40. The maximum Gasteiger partial charge on any atom is 0.261 e. The van der Waals surface area contributed by atoms with E-state index in [9.17, 15) is 4.79 Å². The van der Waals surface area contributed by atoms with Gasteiger partial charge in [0.15, 0.2) is 5.11 Å². The van der Waals surface area contributed by atoms with Crippen LogP contribution in [0.1, 0.15) is 41.3 Å². The summed E-state index contributed by atoms with van der Waals surface area (Å²) in [6, 6.07) is 14.9. The highest BCUT2D eigenvalue weighted by Crippen LogP contribution is 2.32. The molecule has 0 fully saturated rings. The Morgan fingerprint density at radius 1 is 1.06 bits per heavy atom. The molecule has 0 saturated heterocycles. The van der Waals surface area contributed by atoms with Crippen molar-refractivity contribution in [1.82, 2.24) is 20.3 Å². The number of halogens is 2. The summed E-state index contributed by atoms with van der Waals surface area (Å²) in [5, 5.41) is 15.5. The van der Waals surface area contributed by atoms with Crippen molar-refractivity contribution in [3.8, 4) is 11.4 Å². The van der Waals surface area contributed by atoms with Crippen LogP contribution in [-0.2, 0) is 0 Å². The first-order valence-corrected chi connectivity index (χ1v) is 12.0. The molecule has 35 heavy (non-hydrogen) atoms. The van der Waals surface area contributed by atoms with Crippen LogP contribution in [0.3, 0.4) is 0 Å². The fourth-order valence-corrected chi connectivity index (χ4v) is 4.34. The molecule has 7 nitrogen and oxygen atoms in total. The fourth-order valence-electron chi connectivity index (χ4n) is 3.57. The molecule has 180 valence electrons. The van der Waals surface area contributed by atoms with E-state index in [4.69, 9.17) is 40.2 Å².